The standard InChI is InChI=1S/C19H32N4O/c1-6-16-7-9-17(10-8-16)22-18(20)21-13-19(4,5)23-11-14(2)24-15(3)12-23/h7-10,14-15H,6,11-13H2,1-5H3,(H3,20,21,22). The minimum absolute atomic E-state index is 0.0509. The van der Waals surface area contributed by atoms with Gasteiger partial charge in [-0.3, -0.25) is 9.89 Å². The van der Waals surface area contributed by atoms with E-state index in [1.807, 2.05) is 12.1 Å². The molecule has 0 bridgehead atoms. The highest BCUT2D eigenvalue weighted by Crippen LogP contribution is 2.21. The Balaban J connectivity index is 1.94. The Bertz CT molecular complexity index is 543. The lowest BCUT2D eigenvalue weighted by Crippen LogP contribution is -2.56. The number of hydrogen-bond donors (Lipinski definition) is 2. The number of ether oxygens (including phenoxy) is 1. The fourth-order valence-corrected chi connectivity index (χ4v) is 3.06. The smallest absolute Gasteiger partial charge is 0.193 e. The zero-order valence-corrected chi connectivity index (χ0v) is 15.7. The van der Waals surface area contributed by atoms with Crippen LogP contribution in [-0.2, 0) is 11.2 Å². The van der Waals surface area contributed by atoms with Crippen molar-refractivity contribution in [1.82, 2.24) is 4.90 Å². The summed E-state index contributed by atoms with van der Waals surface area (Å²) in [5.41, 5.74) is 8.30. The molecule has 2 atom stereocenters. The van der Waals surface area contributed by atoms with Crippen LogP contribution in [0.1, 0.15) is 40.2 Å². The molecule has 0 aliphatic carbocycles. The van der Waals surface area contributed by atoms with Crippen LogP contribution in [0, 0.1) is 0 Å². The van der Waals surface area contributed by atoms with Crippen molar-refractivity contribution in [1.29, 1.82) is 0 Å². The van der Waals surface area contributed by atoms with Crippen LogP contribution in [0.5, 0.6) is 0 Å². The van der Waals surface area contributed by atoms with Crippen molar-refractivity contribution in [2.24, 2.45) is 10.7 Å². The number of morpholine rings is 1. The van der Waals surface area contributed by atoms with Gasteiger partial charge in [-0.1, -0.05) is 19.1 Å². The first-order valence-electron chi connectivity index (χ1n) is 8.86. The van der Waals surface area contributed by atoms with E-state index in [1.165, 1.54) is 5.56 Å². The molecule has 1 aliphatic heterocycles. The van der Waals surface area contributed by atoms with Crippen molar-refractivity contribution >= 4 is 11.6 Å². The highest BCUT2D eigenvalue weighted by Gasteiger charge is 2.33. The number of benzene rings is 1. The molecule has 1 aromatic rings. The van der Waals surface area contributed by atoms with Gasteiger partial charge in [0.25, 0.3) is 0 Å². The van der Waals surface area contributed by atoms with Crippen molar-refractivity contribution in [2.45, 2.75) is 58.8 Å². The highest BCUT2D eigenvalue weighted by atomic mass is 16.5. The van der Waals surface area contributed by atoms with Gasteiger partial charge >= 0.3 is 0 Å². The second-order valence-corrected chi connectivity index (χ2v) is 7.35. The number of guanidine groups is 1. The minimum atomic E-state index is -0.0509. The van der Waals surface area contributed by atoms with Crippen LogP contribution in [0.25, 0.3) is 0 Å². The summed E-state index contributed by atoms with van der Waals surface area (Å²) in [6, 6.07) is 8.29. The lowest BCUT2D eigenvalue weighted by molar-refractivity contribution is -0.0939. The summed E-state index contributed by atoms with van der Waals surface area (Å²) in [6.45, 7) is 13.3. The summed E-state index contributed by atoms with van der Waals surface area (Å²) in [5.74, 6) is 0.460. The highest BCUT2D eigenvalue weighted by molar-refractivity contribution is 5.92. The summed E-state index contributed by atoms with van der Waals surface area (Å²) in [5, 5.41) is 3.17. The Labute approximate surface area is 146 Å². The van der Waals surface area contributed by atoms with Crippen LogP contribution in [0.15, 0.2) is 29.3 Å². The van der Waals surface area contributed by atoms with Crippen LogP contribution in [0.3, 0.4) is 0 Å². The molecule has 1 saturated heterocycles. The van der Waals surface area contributed by atoms with E-state index in [1.54, 1.807) is 0 Å². The molecule has 5 heteroatoms. The lowest BCUT2D eigenvalue weighted by Gasteiger charge is -2.44. The number of nitrogens with one attached hydrogen (secondary N) is 1. The average molecular weight is 332 g/mol. The van der Waals surface area contributed by atoms with E-state index < -0.39 is 0 Å². The number of nitrogens with two attached hydrogens (primary N) is 1. The van der Waals surface area contributed by atoms with Gasteiger partial charge in [0.2, 0.25) is 0 Å². The topological polar surface area (TPSA) is 62.9 Å². The maximum Gasteiger partial charge on any atom is 0.193 e. The Morgan fingerprint density at radius 2 is 1.83 bits per heavy atom. The molecule has 0 saturated carbocycles. The lowest BCUT2D eigenvalue weighted by atomic mass is 10.0. The van der Waals surface area contributed by atoms with E-state index in [0.717, 1.165) is 25.2 Å². The molecule has 1 aromatic carbocycles. The molecule has 134 valence electrons. The Hall–Kier alpha value is -1.59. The molecule has 2 rings (SSSR count). The third kappa shape index (κ3) is 5.21. The van der Waals surface area contributed by atoms with E-state index >= 15 is 0 Å². The Kier molecular flexibility index (Phi) is 6.24. The first kappa shape index (κ1) is 18.7. The molecule has 3 N–H and O–H groups in total. The Morgan fingerprint density at radius 1 is 1.25 bits per heavy atom. The van der Waals surface area contributed by atoms with Gasteiger partial charge in [0.1, 0.15) is 0 Å². The molecule has 5 nitrogen and oxygen atoms in total. The van der Waals surface area contributed by atoms with E-state index in [4.69, 9.17) is 10.5 Å². The van der Waals surface area contributed by atoms with Crippen LogP contribution in [-0.4, -0.2) is 48.2 Å². The van der Waals surface area contributed by atoms with Crippen molar-refractivity contribution in [3.63, 3.8) is 0 Å². The van der Waals surface area contributed by atoms with Gasteiger partial charge in [-0.05, 0) is 51.8 Å². The molecular formula is C19H32N4O. The van der Waals surface area contributed by atoms with Gasteiger partial charge < -0.3 is 15.8 Å². The molecule has 24 heavy (non-hydrogen) atoms. The summed E-state index contributed by atoms with van der Waals surface area (Å²) in [7, 11) is 0. The van der Waals surface area contributed by atoms with Crippen LogP contribution >= 0.6 is 0 Å². The number of aryl methyl sites for hydroxylation is 1. The molecule has 0 radical (unpaired) electrons. The molecule has 0 amide bonds. The predicted octanol–water partition coefficient (Wildman–Crippen LogP) is 2.86. The van der Waals surface area contributed by atoms with Gasteiger partial charge in [-0.2, -0.15) is 0 Å². The van der Waals surface area contributed by atoms with Crippen LogP contribution < -0.4 is 11.1 Å². The van der Waals surface area contributed by atoms with Gasteiger partial charge in [0.05, 0.1) is 18.8 Å². The molecule has 0 spiro atoms. The zero-order chi connectivity index (χ0) is 17.7. The quantitative estimate of drug-likeness (QED) is 0.643. The van der Waals surface area contributed by atoms with Crippen LogP contribution in [0.4, 0.5) is 5.69 Å². The maximum absolute atomic E-state index is 6.06. The molecular weight excluding hydrogens is 300 g/mol. The van der Waals surface area contributed by atoms with E-state index in [2.05, 4.69) is 62.0 Å². The van der Waals surface area contributed by atoms with E-state index in [0.29, 0.717) is 12.5 Å². The number of hydrogen-bond acceptors (Lipinski definition) is 3. The zero-order valence-electron chi connectivity index (χ0n) is 15.7. The van der Waals surface area contributed by atoms with Crippen molar-refractivity contribution in [3.8, 4) is 0 Å². The second-order valence-electron chi connectivity index (χ2n) is 7.35. The minimum Gasteiger partial charge on any atom is -0.373 e. The monoisotopic (exact) mass is 332 g/mol. The summed E-state index contributed by atoms with van der Waals surface area (Å²) in [4.78, 5) is 7.00. The van der Waals surface area contributed by atoms with Gasteiger partial charge in [-0.25, -0.2) is 0 Å². The molecule has 1 heterocycles. The van der Waals surface area contributed by atoms with Gasteiger partial charge in [0, 0.05) is 24.3 Å². The van der Waals surface area contributed by atoms with E-state index in [-0.39, 0.29) is 17.7 Å². The van der Waals surface area contributed by atoms with E-state index in [9.17, 15) is 0 Å². The molecule has 0 aromatic heterocycles. The van der Waals surface area contributed by atoms with Crippen molar-refractivity contribution in [3.05, 3.63) is 29.8 Å². The SMILES string of the molecule is CCc1ccc(NC(N)=NCC(C)(C)N2CC(C)OC(C)C2)cc1. The number of anilines is 1. The normalized spacial score (nSPS) is 23.3. The molecule has 1 aliphatic rings. The summed E-state index contributed by atoms with van der Waals surface area (Å²) >= 11 is 0. The van der Waals surface area contributed by atoms with Gasteiger partial charge in [-0.15, -0.1) is 0 Å². The van der Waals surface area contributed by atoms with Crippen molar-refractivity contribution in [2.75, 3.05) is 25.0 Å². The fraction of sp³-hybridized carbons (Fsp3) is 0.632. The summed E-state index contributed by atoms with van der Waals surface area (Å²) < 4.78 is 5.82. The fourth-order valence-electron chi connectivity index (χ4n) is 3.06. The largest absolute Gasteiger partial charge is 0.373 e. The summed E-state index contributed by atoms with van der Waals surface area (Å²) in [6.07, 6.45) is 1.54. The Morgan fingerprint density at radius 3 is 2.38 bits per heavy atom. The van der Waals surface area contributed by atoms with Gasteiger partial charge in [0.15, 0.2) is 5.96 Å². The van der Waals surface area contributed by atoms with Crippen LogP contribution in [0.2, 0.25) is 0 Å². The first-order chi connectivity index (χ1) is 11.3. The molecule has 1 fully saturated rings. The first-order valence-corrected chi connectivity index (χ1v) is 8.86. The number of nitrogens with zero attached hydrogens (tertiary/aromatic N) is 2. The molecule has 2 unspecified atom stereocenters. The third-order valence-electron chi connectivity index (χ3n) is 4.55. The number of rotatable bonds is 5. The van der Waals surface area contributed by atoms with Crippen molar-refractivity contribution < 1.29 is 4.74 Å². The number of aliphatic imine (C=N–C) groups is 1. The maximum atomic E-state index is 6.06. The predicted molar refractivity (Wildman–Crippen MR) is 102 cm³/mol. The second kappa shape index (κ2) is 7.99. The third-order valence-corrected chi connectivity index (χ3v) is 4.55. The average Bonchev–Trinajstić information content (AvgIpc) is 2.53.